The predicted molar refractivity (Wildman–Crippen MR) is 46.5 cm³/mol. The van der Waals surface area contributed by atoms with Gasteiger partial charge in [0.2, 0.25) is 0 Å². The summed E-state index contributed by atoms with van der Waals surface area (Å²) >= 11 is 2.10. The summed E-state index contributed by atoms with van der Waals surface area (Å²) in [5.74, 6) is 6.21. The zero-order valence-corrected chi connectivity index (χ0v) is 7.39. The van der Waals surface area contributed by atoms with Crippen LogP contribution in [0.1, 0.15) is 12.8 Å². The molecule has 1 nitrogen and oxygen atoms in total. The van der Waals surface area contributed by atoms with Gasteiger partial charge in [0.1, 0.15) is 0 Å². The van der Waals surface area contributed by atoms with Crippen LogP contribution in [0.2, 0.25) is 0 Å². The zero-order valence-electron chi connectivity index (χ0n) is 6.57. The highest BCUT2D eigenvalue weighted by Gasteiger charge is 2.53. The van der Waals surface area contributed by atoms with E-state index in [1.54, 1.807) is 0 Å². The van der Waals surface area contributed by atoms with Crippen molar-refractivity contribution in [2.24, 2.45) is 23.7 Å². The topological polar surface area (TPSA) is 20.2 Å². The van der Waals surface area contributed by atoms with E-state index >= 15 is 0 Å². The van der Waals surface area contributed by atoms with Gasteiger partial charge in [-0.05, 0) is 48.0 Å². The fourth-order valence-electron chi connectivity index (χ4n) is 3.41. The van der Waals surface area contributed by atoms with Gasteiger partial charge in [-0.15, -0.1) is 0 Å². The van der Waals surface area contributed by atoms with E-state index in [9.17, 15) is 5.11 Å². The molecule has 0 aromatic rings. The third-order valence-electron chi connectivity index (χ3n) is 3.94. The Morgan fingerprint density at radius 1 is 1.00 bits per heavy atom. The highest BCUT2D eigenvalue weighted by molar-refractivity contribution is 7.99. The number of aliphatic hydroxyl groups is 1. The molecule has 1 saturated heterocycles. The van der Waals surface area contributed by atoms with Gasteiger partial charge in [0.25, 0.3) is 0 Å². The lowest BCUT2D eigenvalue weighted by Gasteiger charge is -2.27. The average molecular weight is 170 g/mol. The molecule has 1 heterocycles. The Kier molecular flexibility index (Phi) is 1.34. The minimum absolute atomic E-state index is 0.0694. The second-order valence-corrected chi connectivity index (χ2v) is 5.40. The van der Waals surface area contributed by atoms with Crippen LogP contribution in [0.4, 0.5) is 0 Å². The van der Waals surface area contributed by atoms with Gasteiger partial charge in [0.05, 0.1) is 6.10 Å². The van der Waals surface area contributed by atoms with Crippen LogP contribution in [-0.2, 0) is 0 Å². The Labute approximate surface area is 71.6 Å². The molecular weight excluding hydrogens is 156 g/mol. The van der Waals surface area contributed by atoms with Gasteiger partial charge in [-0.25, -0.2) is 0 Å². The highest BCUT2D eigenvalue weighted by Crippen LogP contribution is 2.57. The Morgan fingerprint density at radius 3 is 2.73 bits per heavy atom. The second kappa shape index (κ2) is 2.17. The average Bonchev–Trinajstić information content (AvgIpc) is 2.52. The van der Waals surface area contributed by atoms with Crippen molar-refractivity contribution < 1.29 is 5.11 Å². The number of hydrogen-bond donors (Lipinski definition) is 1. The summed E-state index contributed by atoms with van der Waals surface area (Å²) in [5.41, 5.74) is 0. The van der Waals surface area contributed by atoms with E-state index in [1.807, 2.05) is 0 Å². The van der Waals surface area contributed by atoms with E-state index < -0.39 is 0 Å². The molecule has 2 bridgehead atoms. The van der Waals surface area contributed by atoms with E-state index in [0.717, 1.165) is 24.2 Å². The molecule has 0 aromatic carbocycles. The molecule has 1 aliphatic heterocycles. The predicted octanol–water partition coefficient (Wildman–Crippen LogP) is 1.37. The largest absolute Gasteiger partial charge is 0.393 e. The molecule has 11 heavy (non-hydrogen) atoms. The zero-order chi connectivity index (χ0) is 7.42. The number of rotatable bonds is 0. The van der Waals surface area contributed by atoms with Gasteiger partial charge < -0.3 is 5.11 Å². The summed E-state index contributed by atoms with van der Waals surface area (Å²) in [6.45, 7) is 0. The van der Waals surface area contributed by atoms with Crippen LogP contribution in [-0.4, -0.2) is 22.7 Å². The number of hydrogen-bond acceptors (Lipinski definition) is 2. The molecule has 2 saturated carbocycles. The van der Waals surface area contributed by atoms with Crippen molar-refractivity contribution in [3.8, 4) is 0 Å². The summed E-state index contributed by atoms with van der Waals surface area (Å²) in [5, 5.41) is 9.66. The Balaban J connectivity index is 1.90. The van der Waals surface area contributed by atoms with Crippen LogP contribution in [0.5, 0.6) is 0 Å². The van der Waals surface area contributed by atoms with Crippen molar-refractivity contribution in [3.05, 3.63) is 0 Å². The quantitative estimate of drug-likeness (QED) is 0.592. The van der Waals surface area contributed by atoms with Crippen molar-refractivity contribution in [2.75, 3.05) is 11.5 Å². The molecule has 62 valence electrons. The minimum Gasteiger partial charge on any atom is -0.393 e. The van der Waals surface area contributed by atoms with Crippen molar-refractivity contribution in [3.63, 3.8) is 0 Å². The Morgan fingerprint density at radius 2 is 1.82 bits per heavy atom. The van der Waals surface area contributed by atoms with Gasteiger partial charge in [-0.2, -0.15) is 11.8 Å². The molecule has 3 aliphatic rings. The number of fused-ring (bicyclic) bond motifs is 5. The molecule has 2 heteroatoms. The first kappa shape index (κ1) is 6.79. The summed E-state index contributed by atoms with van der Waals surface area (Å²) in [6, 6.07) is 0. The van der Waals surface area contributed by atoms with Crippen LogP contribution in [0.3, 0.4) is 0 Å². The Bertz CT molecular complexity index is 182. The van der Waals surface area contributed by atoms with Crippen LogP contribution >= 0.6 is 11.8 Å². The van der Waals surface area contributed by atoms with Crippen molar-refractivity contribution in [2.45, 2.75) is 18.9 Å². The molecule has 0 radical (unpaired) electrons. The van der Waals surface area contributed by atoms with Crippen LogP contribution < -0.4 is 0 Å². The van der Waals surface area contributed by atoms with Gasteiger partial charge in [-0.3, -0.25) is 0 Å². The van der Waals surface area contributed by atoms with E-state index in [4.69, 9.17) is 0 Å². The fraction of sp³-hybridized carbons (Fsp3) is 1.00. The lowest BCUT2D eigenvalue weighted by Crippen LogP contribution is -2.29. The maximum atomic E-state index is 9.66. The lowest BCUT2D eigenvalue weighted by molar-refractivity contribution is 0.0704. The second-order valence-electron chi connectivity index (χ2n) is 4.33. The third-order valence-corrected chi connectivity index (χ3v) is 5.18. The standard InChI is InChI=1S/C9H14OS/c10-9-2-5-1-6(9)8-4-11-3-7(5)8/h5-10H,1-4H2/t5-,6-,7+,8-,9+/m1/s1. The molecule has 0 aromatic heterocycles. The third kappa shape index (κ3) is 0.775. The van der Waals surface area contributed by atoms with Gasteiger partial charge >= 0.3 is 0 Å². The number of aliphatic hydroxyl groups excluding tert-OH is 1. The van der Waals surface area contributed by atoms with Crippen molar-refractivity contribution in [1.29, 1.82) is 0 Å². The summed E-state index contributed by atoms with van der Waals surface area (Å²) < 4.78 is 0. The van der Waals surface area contributed by atoms with E-state index in [-0.39, 0.29) is 6.10 Å². The summed E-state index contributed by atoms with van der Waals surface area (Å²) in [4.78, 5) is 0. The number of thioether (sulfide) groups is 1. The molecule has 3 fully saturated rings. The smallest absolute Gasteiger partial charge is 0.0574 e. The van der Waals surface area contributed by atoms with Crippen LogP contribution in [0.25, 0.3) is 0 Å². The molecule has 0 spiro atoms. The lowest BCUT2D eigenvalue weighted by atomic mass is 9.80. The summed E-state index contributed by atoms with van der Waals surface area (Å²) in [7, 11) is 0. The first-order chi connectivity index (χ1) is 5.36. The maximum absolute atomic E-state index is 9.66. The van der Waals surface area contributed by atoms with Crippen molar-refractivity contribution >= 4 is 11.8 Å². The molecule has 3 rings (SSSR count). The first-order valence-corrected chi connectivity index (χ1v) is 5.77. The molecule has 2 aliphatic carbocycles. The van der Waals surface area contributed by atoms with Gasteiger partial charge in [0.15, 0.2) is 0 Å². The van der Waals surface area contributed by atoms with E-state index in [2.05, 4.69) is 11.8 Å². The first-order valence-electron chi connectivity index (χ1n) is 4.62. The SMILES string of the molecule is O[C@H]1C[C@H]2C[C@@H]1[C@H]1CSC[C@@H]21. The molecule has 5 atom stereocenters. The van der Waals surface area contributed by atoms with Gasteiger partial charge in [0, 0.05) is 0 Å². The Hall–Kier alpha value is 0.310. The van der Waals surface area contributed by atoms with E-state index in [0.29, 0.717) is 5.92 Å². The van der Waals surface area contributed by atoms with Gasteiger partial charge in [-0.1, -0.05) is 0 Å². The molecule has 0 amide bonds. The molecule has 0 unspecified atom stereocenters. The van der Waals surface area contributed by atoms with Crippen LogP contribution in [0.15, 0.2) is 0 Å². The molecule has 1 N–H and O–H groups in total. The summed E-state index contributed by atoms with van der Waals surface area (Å²) in [6.07, 6.45) is 2.53. The van der Waals surface area contributed by atoms with E-state index in [1.165, 1.54) is 17.9 Å². The fourth-order valence-corrected chi connectivity index (χ4v) is 5.11. The normalized spacial score (nSPS) is 60.3. The highest BCUT2D eigenvalue weighted by atomic mass is 32.2. The minimum atomic E-state index is 0.0694. The maximum Gasteiger partial charge on any atom is 0.0574 e. The molecular formula is C9H14OS. The van der Waals surface area contributed by atoms with Crippen molar-refractivity contribution in [1.82, 2.24) is 0 Å². The monoisotopic (exact) mass is 170 g/mol. The van der Waals surface area contributed by atoms with Crippen LogP contribution in [0, 0.1) is 23.7 Å².